The molecule has 0 unspecified atom stereocenters. The molecule has 0 spiro atoms. The highest BCUT2D eigenvalue weighted by molar-refractivity contribution is 5.88. The summed E-state index contributed by atoms with van der Waals surface area (Å²) in [6, 6.07) is 0. The molecule has 0 radical (unpaired) electrons. The number of hydrogen-bond donors (Lipinski definition) is 1. The lowest BCUT2D eigenvalue weighted by molar-refractivity contribution is -0.170. The average Bonchev–Trinajstić information content (AvgIpc) is 3.09. The van der Waals surface area contributed by atoms with Crippen molar-refractivity contribution in [1.82, 2.24) is 0 Å². The highest BCUT2D eigenvalue weighted by atomic mass is 19.3. The summed E-state index contributed by atoms with van der Waals surface area (Å²) >= 11 is 0. The van der Waals surface area contributed by atoms with Gasteiger partial charge in [0, 0.05) is 0 Å². The van der Waals surface area contributed by atoms with Gasteiger partial charge in [0.1, 0.15) is 33.0 Å². The van der Waals surface area contributed by atoms with Crippen LogP contribution < -0.4 is 0 Å². The fraction of sp³-hybridized carbons (Fsp3) is 0.400. The largest absolute Gasteiger partial charge is 0.459 e. The van der Waals surface area contributed by atoms with Crippen molar-refractivity contribution in [3.8, 4) is 0 Å². The third kappa shape index (κ3) is 15.0. The van der Waals surface area contributed by atoms with E-state index in [0.29, 0.717) is 0 Å². The number of rotatable bonds is 20. The van der Waals surface area contributed by atoms with Crippen LogP contribution >= 0.6 is 0 Å². The number of hydrogen-bond acceptors (Lipinski definition) is 12. The SMILES string of the molecule is O=C(OCC(CO)(COCC(COC(=O)C(F)=C(F)F)(COC(=O)C(F)=C(F)F)COC(=O)C(F)=C(F)F)COC(=O)C(F)=C(F)F)C(F)=C(F)F. The lowest BCUT2D eigenvalue weighted by Gasteiger charge is -2.34. The third-order valence-electron chi connectivity index (χ3n) is 5.42. The molecule has 0 amide bonds. The van der Waals surface area contributed by atoms with Crippen molar-refractivity contribution >= 4 is 29.8 Å². The summed E-state index contributed by atoms with van der Waals surface area (Å²) in [5.41, 5.74) is -5.74. The second kappa shape index (κ2) is 21.3. The first-order valence-electron chi connectivity index (χ1n) is 12.5. The zero-order valence-corrected chi connectivity index (χ0v) is 24.8. The molecular formula is C25H17F15O12. The first-order valence-corrected chi connectivity index (χ1v) is 12.5. The van der Waals surface area contributed by atoms with Gasteiger partial charge in [-0.2, -0.15) is 65.9 Å². The first kappa shape index (κ1) is 46.9. The standard InChI is InChI=1S/C25H17F15O12/c26-9(14(31)32)19(42)48-4-24(1-41,5-49-20(43)10(27)15(33)34)2-47-3-25(6-50-21(44)11(28)16(35)36,7-51-22(45)12(29)17(37)38)8-52-23(46)13(30)18(39)40/h41H,1-8H2. The summed E-state index contributed by atoms with van der Waals surface area (Å²) < 4.78 is 217. The summed E-state index contributed by atoms with van der Waals surface area (Å²) in [6.45, 7) is -13.7. The van der Waals surface area contributed by atoms with E-state index in [1.807, 2.05) is 0 Å². The highest BCUT2D eigenvalue weighted by Crippen LogP contribution is 2.28. The van der Waals surface area contributed by atoms with Crippen LogP contribution in [0, 0.1) is 10.8 Å². The fourth-order valence-electron chi connectivity index (χ4n) is 2.79. The van der Waals surface area contributed by atoms with E-state index in [0.717, 1.165) is 0 Å². The number of carbonyl (C=O) groups excluding carboxylic acids is 5. The molecule has 0 saturated carbocycles. The molecule has 0 fully saturated rings. The van der Waals surface area contributed by atoms with E-state index in [4.69, 9.17) is 4.74 Å². The molecule has 0 rings (SSSR count). The van der Waals surface area contributed by atoms with Crippen LogP contribution in [0.3, 0.4) is 0 Å². The topological polar surface area (TPSA) is 161 Å². The molecule has 0 aliphatic carbocycles. The van der Waals surface area contributed by atoms with Gasteiger partial charge in [-0.3, -0.25) is 0 Å². The smallest absolute Gasteiger partial charge is 0.372 e. The summed E-state index contributed by atoms with van der Waals surface area (Å²) in [5.74, 6) is -27.5. The van der Waals surface area contributed by atoms with Gasteiger partial charge in [-0.15, -0.1) is 0 Å². The van der Waals surface area contributed by atoms with E-state index in [-0.39, 0.29) is 0 Å². The zero-order chi connectivity index (χ0) is 40.6. The quantitative estimate of drug-likeness (QED) is 0.0756. The molecule has 0 saturated heterocycles. The molecular weight excluding hydrogens is 777 g/mol. The van der Waals surface area contributed by atoms with Crippen molar-refractivity contribution in [1.29, 1.82) is 0 Å². The van der Waals surface area contributed by atoms with Crippen molar-refractivity contribution in [3.05, 3.63) is 59.5 Å². The molecule has 12 nitrogen and oxygen atoms in total. The van der Waals surface area contributed by atoms with Crippen molar-refractivity contribution in [3.63, 3.8) is 0 Å². The van der Waals surface area contributed by atoms with Gasteiger partial charge in [0.05, 0.1) is 30.7 Å². The number of carbonyl (C=O) groups is 5. The second-order valence-corrected chi connectivity index (χ2v) is 9.40. The zero-order valence-electron chi connectivity index (χ0n) is 24.8. The maximum atomic E-state index is 13.4. The van der Waals surface area contributed by atoms with Gasteiger partial charge < -0.3 is 33.5 Å². The fourth-order valence-corrected chi connectivity index (χ4v) is 2.79. The Morgan fingerprint density at radius 2 is 0.538 bits per heavy atom. The lowest BCUT2D eigenvalue weighted by Crippen LogP contribution is -2.46. The Balaban J connectivity index is 6.93. The Labute approximate surface area is 277 Å². The Morgan fingerprint density at radius 1 is 0.346 bits per heavy atom. The van der Waals surface area contributed by atoms with Gasteiger partial charge in [0.25, 0.3) is 29.1 Å². The normalized spacial score (nSPS) is 11.0. The van der Waals surface area contributed by atoms with Crippen molar-refractivity contribution in [2.75, 3.05) is 52.9 Å². The summed E-state index contributed by atoms with van der Waals surface area (Å²) in [5, 5.41) is 9.86. The monoisotopic (exact) mass is 794 g/mol. The van der Waals surface area contributed by atoms with Gasteiger partial charge in [-0.05, 0) is 0 Å². The van der Waals surface area contributed by atoms with E-state index in [1.165, 1.54) is 0 Å². The van der Waals surface area contributed by atoms with Crippen LogP contribution in [0.1, 0.15) is 0 Å². The molecule has 0 aromatic heterocycles. The molecule has 0 aromatic rings. The number of halogens is 15. The number of aliphatic hydroxyl groups is 1. The van der Waals surface area contributed by atoms with Gasteiger partial charge in [-0.25, -0.2) is 24.0 Å². The maximum absolute atomic E-state index is 13.4. The molecule has 294 valence electrons. The van der Waals surface area contributed by atoms with Crippen LogP contribution in [-0.4, -0.2) is 87.8 Å². The Hall–Kier alpha value is -5.08. The summed E-state index contributed by atoms with van der Waals surface area (Å²) in [4.78, 5) is 58.0. The van der Waals surface area contributed by atoms with Gasteiger partial charge in [0.2, 0.25) is 0 Å². The highest BCUT2D eigenvalue weighted by Gasteiger charge is 2.41. The second-order valence-electron chi connectivity index (χ2n) is 9.40. The molecule has 27 heteroatoms. The van der Waals surface area contributed by atoms with Crippen molar-refractivity contribution in [2.45, 2.75) is 0 Å². The van der Waals surface area contributed by atoms with Crippen LogP contribution in [-0.2, 0) is 52.4 Å². The third-order valence-corrected chi connectivity index (χ3v) is 5.42. The molecule has 0 aliphatic rings. The van der Waals surface area contributed by atoms with Gasteiger partial charge >= 0.3 is 60.2 Å². The number of esters is 5. The Bertz CT molecular complexity index is 1370. The van der Waals surface area contributed by atoms with Crippen LogP contribution in [0.5, 0.6) is 0 Å². The summed E-state index contributed by atoms with van der Waals surface area (Å²) in [7, 11) is 0. The van der Waals surface area contributed by atoms with E-state index in [9.17, 15) is 94.9 Å². The van der Waals surface area contributed by atoms with E-state index in [2.05, 4.69) is 23.7 Å². The van der Waals surface area contributed by atoms with Crippen molar-refractivity contribution in [2.24, 2.45) is 10.8 Å². The van der Waals surface area contributed by atoms with Crippen LogP contribution in [0.4, 0.5) is 65.9 Å². The average molecular weight is 794 g/mol. The molecule has 1 N–H and O–H groups in total. The minimum absolute atomic E-state index is 1.54. The molecule has 0 bridgehead atoms. The van der Waals surface area contributed by atoms with Crippen LogP contribution in [0.25, 0.3) is 0 Å². The molecule has 0 aliphatic heterocycles. The molecule has 0 atom stereocenters. The predicted molar refractivity (Wildman–Crippen MR) is 129 cm³/mol. The van der Waals surface area contributed by atoms with Crippen molar-refractivity contribution < 1.29 is 123 Å². The van der Waals surface area contributed by atoms with Crippen LogP contribution in [0.15, 0.2) is 59.5 Å². The van der Waals surface area contributed by atoms with Gasteiger partial charge in [0.15, 0.2) is 0 Å². The summed E-state index contributed by atoms with van der Waals surface area (Å²) in [6.07, 6.45) is -16.6. The van der Waals surface area contributed by atoms with Crippen LogP contribution in [0.2, 0.25) is 0 Å². The lowest BCUT2D eigenvalue weighted by atomic mass is 9.90. The number of ether oxygens (including phenoxy) is 6. The predicted octanol–water partition coefficient (Wildman–Crippen LogP) is 5.07. The Morgan fingerprint density at radius 3 is 0.731 bits per heavy atom. The minimum Gasteiger partial charge on any atom is -0.459 e. The van der Waals surface area contributed by atoms with E-state index in [1.54, 1.807) is 0 Å². The maximum Gasteiger partial charge on any atom is 0.372 e. The molecule has 0 heterocycles. The van der Waals surface area contributed by atoms with E-state index >= 15 is 0 Å². The number of aliphatic hydroxyl groups excluding tert-OH is 1. The van der Waals surface area contributed by atoms with Gasteiger partial charge in [-0.1, -0.05) is 0 Å². The molecule has 0 aromatic carbocycles. The first-order chi connectivity index (χ1) is 24.0. The Kier molecular flexibility index (Phi) is 19.2. The van der Waals surface area contributed by atoms with E-state index < -0.39 is 153 Å². The minimum atomic E-state index is -3.35. The molecule has 52 heavy (non-hydrogen) atoms.